The summed E-state index contributed by atoms with van der Waals surface area (Å²) in [5.74, 6) is 0.790. The van der Waals surface area contributed by atoms with E-state index in [0.717, 1.165) is 16.8 Å². The normalized spacial score (nSPS) is 14.9. The number of nitrogens with one attached hydrogen (secondary N) is 2. The second-order valence-electron chi connectivity index (χ2n) is 8.33. The van der Waals surface area contributed by atoms with Crippen LogP contribution in [0.4, 0.5) is 17.5 Å². The topological polar surface area (TPSA) is 141 Å². The highest BCUT2D eigenvalue weighted by Crippen LogP contribution is 2.37. The van der Waals surface area contributed by atoms with E-state index in [9.17, 15) is 4.79 Å². The Morgan fingerprint density at radius 3 is 2.68 bits per heavy atom. The van der Waals surface area contributed by atoms with Gasteiger partial charge in [-0.25, -0.2) is 9.78 Å². The third-order valence-electron chi connectivity index (χ3n) is 5.62. The third-order valence-corrected chi connectivity index (χ3v) is 5.62. The standard InChI is InChI=1S/C24H23N7O3/c1-24(2)18-10-15(8-9-16(18)22(32)34-24)28-23-26-12-17(21-31-27-13-33-21)20(30-23)29-19(11-25)14-6-4-3-5-7-14/h3-10,12-13,19H,11,25H2,1-2H3,(H2,26,28,29,30)/t19-/m1/s1. The number of fused-ring (bicyclic) bond motifs is 1. The average Bonchev–Trinajstić information content (AvgIpc) is 3.44. The first-order valence-electron chi connectivity index (χ1n) is 10.7. The maximum Gasteiger partial charge on any atom is 0.339 e. The molecule has 0 unspecified atom stereocenters. The molecule has 172 valence electrons. The molecule has 0 radical (unpaired) electrons. The van der Waals surface area contributed by atoms with Gasteiger partial charge in [0.25, 0.3) is 5.89 Å². The Kier molecular flexibility index (Phi) is 5.42. The molecule has 0 aliphatic carbocycles. The molecule has 5 rings (SSSR count). The van der Waals surface area contributed by atoms with E-state index in [1.807, 2.05) is 50.2 Å². The second kappa shape index (κ2) is 8.56. The van der Waals surface area contributed by atoms with Gasteiger partial charge in [0.15, 0.2) is 0 Å². The van der Waals surface area contributed by atoms with E-state index in [1.54, 1.807) is 18.3 Å². The summed E-state index contributed by atoms with van der Waals surface area (Å²) in [6, 6.07) is 15.0. The van der Waals surface area contributed by atoms with Gasteiger partial charge in [0.1, 0.15) is 11.4 Å². The number of nitrogens with zero attached hydrogens (tertiary/aromatic N) is 4. The van der Waals surface area contributed by atoms with Crippen LogP contribution in [0.25, 0.3) is 11.5 Å². The van der Waals surface area contributed by atoms with Gasteiger partial charge in [0.2, 0.25) is 12.3 Å². The minimum atomic E-state index is -0.705. The van der Waals surface area contributed by atoms with Crippen molar-refractivity contribution in [3.63, 3.8) is 0 Å². The van der Waals surface area contributed by atoms with Crippen molar-refractivity contribution in [3.8, 4) is 11.5 Å². The Labute approximate surface area is 195 Å². The number of esters is 1. The molecule has 0 saturated heterocycles. The van der Waals surface area contributed by atoms with Crippen molar-refractivity contribution in [2.45, 2.75) is 25.5 Å². The highest BCUT2D eigenvalue weighted by molar-refractivity contribution is 5.95. The smallest absolute Gasteiger partial charge is 0.339 e. The summed E-state index contributed by atoms with van der Waals surface area (Å²) in [6.45, 7) is 4.05. The molecule has 4 N–H and O–H groups in total. The quantitative estimate of drug-likeness (QED) is 0.351. The lowest BCUT2D eigenvalue weighted by Crippen LogP contribution is -2.21. The monoisotopic (exact) mass is 457 g/mol. The number of cyclic esters (lactones) is 1. The lowest BCUT2D eigenvalue weighted by atomic mass is 9.95. The average molecular weight is 457 g/mol. The number of nitrogens with two attached hydrogens (primary N) is 1. The number of benzene rings is 2. The SMILES string of the molecule is CC1(C)OC(=O)c2ccc(Nc3ncc(-c4nnco4)c(N[C@H](CN)c4ccccc4)n3)cc21. The summed E-state index contributed by atoms with van der Waals surface area (Å²) in [5.41, 5.74) is 8.99. The van der Waals surface area contributed by atoms with Crippen LogP contribution in [0.3, 0.4) is 0 Å². The van der Waals surface area contributed by atoms with E-state index >= 15 is 0 Å². The Balaban J connectivity index is 1.48. The highest BCUT2D eigenvalue weighted by Gasteiger charge is 2.37. The highest BCUT2D eigenvalue weighted by atomic mass is 16.6. The minimum absolute atomic E-state index is 0.199. The van der Waals surface area contributed by atoms with Crippen LogP contribution in [0.15, 0.2) is 65.5 Å². The molecule has 10 heteroatoms. The Bertz CT molecular complexity index is 1320. The number of anilines is 3. The number of hydrogen-bond acceptors (Lipinski definition) is 10. The predicted molar refractivity (Wildman–Crippen MR) is 125 cm³/mol. The van der Waals surface area contributed by atoms with Crippen molar-refractivity contribution >= 4 is 23.4 Å². The maximum atomic E-state index is 12.1. The molecule has 2 aromatic carbocycles. The van der Waals surface area contributed by atoms with Gasteiger partial charge in [-0.05, 0) is 37.6 Å². The van der Waals surface area contributed by atoms with Crippen molar-refractivity contribution in [1.29, 1.82) is 0 Å². The maximum absolute atomic E-state index is 12.1. The van der Waals surface area contributed by atoms with Gasteiger partial charge in [0.05, 0.1) is 17.2 Å². The zero-order chi connectivity index (χ0) is 23.7. The predicted octanol–water partition coefficient (Wildman–Crippen LogP) is 3.79. The van der Waals surface area contributed by atoms with Gasteiger partial charge < -0.3 is 25.5 Å². The molecule has 34 heavy (non-hydrogen) atoms. The van der Waals surface area contributed by atoms with Crippen LogP contribution in [0.5, 0.6) is 0 Å². The molecular weight excluding hydrogens is 434 g/mol. The molecule has 1 aliphatic rings. The van der Waals surface area contributed by atoms with Gasteiger partial charge in [-0.3, -0.25) is 0 Å². The third kappa shape index (κ3) is 4.06. The largest absolute Gasteiger partial charge is 0.451 e. The first kappa shape index (κ1) is 21.5. The number of carbonyl (C=O) groups is 1. The van der Waals surface area contributed by atoms with E-state index < -0.39 is 5.60 Å². The molecule has 0 saturated carbocycles. The van der Waals surface area contributed by atoms with Crippen molar-refractivity contribution < 1.29 is 13.9 Å². The fourth-order valence-corrected chi connectivity index (χ4v) is 3.90. The van der Waals surface area contributed by atoms with Gasteiger partial charge in [-0.15, -0.1) is 10.2 Å². The Morgan fingerprint density at radius 2 is 1.94 bits per heavy atom. The van der Waals surface area contributed by atoms with Crippen molar-refractivity contribution in [2.75, 3.05) is 17.2 Å². The van der Waals surface area contributed by atoms with E-state index in [-0.39, 0.29) is 17.9 Å². The summed E-state index contributed by atoms with van der Waals surface area (Å²) in [5, 5.41) is 14.3. The van der Waals surface area contributed by atoms with Crippen LogP contribution < -0.4 is 16.4 Å². The molecule has 1 aliphatic heterocycles. The summed E-state index contributed by atoms with van der Waals surface area (Å²) >= 11 is 0. The fourth-order valence-electron chi connectivity index (χ4n) is 3.90. The van der Waals surface area contributed by atoms with Gasteiger partial charge in [-0.2, -0.15) is 4.98 Å². The first-order chi connectivity index (χ1) is 16.4. The number of aromatic nitrogens is 4. The molecule has 0 bridgehead atoms. The van der Waals surface area contributed by atoms with Crippen LogP contribution in [0, 0.1) is 0 Å². The van der Waals surface area contributed by atoms with Crippen LogP contribution in [-0.2, 0) is 10.3 Å². The van der Waals surface area contributed by atoms with Crippen LogP contribution in [0.1, 0.15) is 41.4 Å². The van der Waals surface area contributed by atoms with Crippen molar-refractivity contribution in [1.82, 2.24) is 20.2 Å². The van der Waals surface area contributed by atoms with E-state index in [4.69, 9.17) is 14.9 Å². The zero-order valence-electron chi connectivity index (χ0n) is 18.6. The van der Waals surface area contributed by atoms with Crippen LogP contribution in [0.2, 0.25) is 0 Å². The summed E-state index contributed by atoms with van der Waals surface area (Å²) in [6.07, 6.45) is 2.85. The molecule has 4 aromatic rings. The van der Waals surface area contributed by atoms with Gasteiger partial charge in [-0.1, -0.05) is 30.3 Å². The molecule has 2 aromatic heterocycles. The lowest BCUT2D eigenvalue weighted by Gasteiger charge is -2.20. The van der Waals surface area contributed by atoms with E-state index in [1.165, 1.54) is 6.39 Å². The van der Waals surface area contributed by atoms with Gasteiger partial charge >= 0.3 is 5.97 Å². The molecule has 0 spiro atoms. The lowest BCUT2D eigenvalue weighted by molar-refractivity contribution is 0.00955. The fraction of sp³-hybridized carbons (Fsp3) is 0.208. The molecule has 10 nitrogen and oxygen atoms in total. The Hall–Kier alpha value is -4.31. The number of hydrogen-bond donors (Lipinski definition) is 3. The summed E-state index contributed by atoms with van der Waals surface area (Å²) < 4.78 is 10.8. The van der Waals surface area contributed by atoms with Gasteiger partial charge in [0, 0.05) is 24.0 Å². The van der Waals surface area contributed by atoms with E-state index in [0.29, 0.717) is 29.4 Å². The minimum Gasteiger partial charge on any atom is -0.451 e. The van der Waals surface area contributed by atoms with Crippen molar-refractivity contribution in [2.24, 2.45) is 5.73 Å². The molecule has 0 fully saturated rings. The summed E-state index contributed by atoms with van der Waals surface area (Å²) in [7, 11) is 0. The Morgan fingerprint density at radius 1 is 1.12 bits per heavy atom. The second-order valence-corrected chi connectivity index (χ2v) is 8.33. The molecular formula is C24H23N7O3. The first-order valence-corrected chi connectivity index (χ1v) is 10.7. The number of carbonyl (C=O) groups excluding carboxylic acids is 1. The molecule has 3 heterocycles. The zero-order valence-corrected chi connectivity index (χ0v) is 18.6. The number of rotatable bonds is 7. The molecule has 0 amide bonds. The number of ether oxygens (including phenoxy) is 1. The molecule has 1 atom stereocenters. The van der Waals surface area contributed by atoms with Crippen molar-refractivity contribution in [3.05, 3.63) is 77.8 Å². The van der Waals surface area contributed by atoms with E-state index in [2.05, 4.69) is 30.8 Å². The van der Waals surface area contributed by atoms with Crippen LogP contribution in [-0.4, -0.2) is 32.7 Å². The van der Waals surface area contributed by atoms with Crippen LogP contribution >= 0.6 is 0 Å². The summed E-state index contributed by atoms with van der Waals surface area (Å²) in [4.78, 5) is 21.2.